The van der Waals surface area contributed by atoms with Crippen molar-refractivity contribution in [3.05, 3.63) is 23.8 Å². The summed E-state index contributed by atoms with van der Waals surface area (Å²) >= 11 is 0. The van der Waals surface area contributed by atoms with E-state index in [2.05, 4.69) is 5.32 Å². The topological polar surface area (TPSA) is 98.5 Å². The molecular weight excluding hydrogens is 280 g/mol. The Balaban J connectivity index is 2.87. The predicted octanol–water partition coefficient (Wildman–Crippen LogP) is 1.29. The van der Waals surface area contributed by atoms with Gasteiger partial charge in [0.1, 0.15) is 9.84 Å². The molecule has 0 aliphatic rings. The van der Waals surface area contributed by atoms with Gasteiger partial charge in [-0.3, -0.25) is 0 Å². The van der Waals surface area contributed by atoms with Crippen LogP contribution in [0.3, 0.4) is 0 Å². The maximum Gasteiger partial charge on any atom is 0.340 e. The van der Waals surface area contributed by atoms with Crippen LogP contribution >= 0.6 is 0 Å². The molecule has 0 aliphatic heterocycles. The average Bonchev–Trinajstić information content (AvgIpc) is 2.29. The second-order valence-electron chi connectivity index (χ2n) is 4.66. The van der Waals surface area contributed by atoms with Crippen LogP contribution in [0, 0.1) is 0 Å². The zero-order valence-electron chi connectivity index (χ0n) is 11.8. The van der Waals surface area contributed by atoms with Crippen molar-refractivity contribution < 1.29 is 17.9 Å². The Kier molecular flexibility index (Phi) is 5.38. The molecule has 1 atom stereocenters. The molecule has 0 radical (unpaired) electrons. The average molecular weight is 300 g/mol. The number of nitrogens with one attached hydrogen (secondary N) is 1. The van der Waals surface area contributed by atoms with Gasteiger partial charge in [-0.05, 0) is 32.0 Å². The molecule has 0 saturated carbocycles. The van der Waals surface area contributed by atoms with Crippen molar-refractivity contribution in [2.24, 2.45) is 0 Å². The number of carbonyl (C=O) groups is 1. The fraction of sp³-hybridized carbons (Fsp3) is 0.462. The van der Waals surface area contributed by atoms with Gasteiger partial charge in [0.05, 0.1) is 17.9 Å². The predicted molar refractivity (Wildman–Crippen MR) is 79.6 cm³/mol. The highest BCUT2D eigenvalue weighted by Crippen LogP contribution is 2.19. The first-order valence-electron chi connectivity index (χ1n) is 6.24. The first-order chi connectivity index (χ1) is 9.23. The maximum absolute atomic E-state index is 11.7. The molecule has 1 unspecified atom stereocenters. The molecule has 112 valence electrons. The molecule has 0 spiro atoms. The number of hydrogen-bond acceptors (Lipinski definition) is 6. The number of rotatable bonds is 6. The summed E-state index contributed by atoms with van der Waals surface area (Å²) < 4.78 is 27.3. The number of nitrogens with two attached hydrogens (primary N) is 1. The molecule has 3 N–H and O–H groups in total. The summed E-state index contributed by atoms with van der Waals surface area (Å²) in [4.78, 5) is 11.7. The number of anilines is 2. The summed E-state index contributed by atoms with van der Waals surface area (Å²) in [5.74, 6) is -0.490. The smallest absolute Gasteiger partial charge is 0.340 e. The molecule has 0 fully saturated rings. The van der Waals surface area contributed by atoms with Gasteiger partial charge in [0.25, 0.3) is 0 Å². The van der Waals surface area contributed by atoms with Crippen molar-refractivity contribution in [3.63, 3.8) is 0 Å². The molecule has 6 nitrogen and oxygen atoms in total. The van der Waals surface area contributed by atoms with Crippen LogP contribution in [0.4, 0.5) is 11.4 Å². The van der Waals surface area contributed by atoms with E-state index in [0.29, 0.717) is 11.4 Å². The van der Waals surface area contributed by atoms with Gasteiger partial charge in [-0.1, -0.05) is 0 Å². The van der Waals surface area contributed by atoms with E-state index >= 15 is 0 Å². The first-order valence-corrected chi connectivity index (χ1v) is 8.30. The number of hydrogen-bond donors (Lipinski definition) is 2. The Morgan fingerprint density at radius 3 is 2.65 bits per heavy atom. The molecule has 1 rings (SSSR count). The van der Waals surface area contributed by atoms with Crippen LogP contribution in [0.25, 0.3) is 0 Å². The van der Waals surface area contributed by atoms with Gasteiger partial charge >= 0.3 is 5.97 Å². The van der Waals surface area contributed by atoms with Crippen molar-refractivity contribution in [1.82, 2.24) is 0 Å². The van der Waals surface area contributed by atoms with Gasteiger partial charge < -0.3 is 15.8 Å². The lowest BCUT2D eigenvalue weighted by molar-refractivity contribution is 0.0527. The third kappa shape index (κ3) is 5.08. The lowest BCUT2D eigenvalue weighted by Gasteiger charge is -2.15. The molecule has 0 saturated heterocycles. The van der Waals surface area contributed by atoms with Crippen molar-refractivity contribution in [1.29, 1.82) is 0 Å². The number of nitrogen functional groups attached to an aromatic ring is 1. The Bertz CT molecular complexity index is 584. The quantitative estimate of drug-likeness (QED) is 0.607. The standard InChI is InChI=1S/C13H20N2O4S/c1-4-19-13(16)11-7-10(5-6-12(11)14)15-9(2)8-20(3,17)18/h5-7,9,15H,4,8,14H2,1-3H3. The molecule has 7 heteroatoms. The molecule has 1 aromatic carbocycles. The summed E-state index contributed by atoms with van der Waals surface area (Å²) in [6.07, 6.45) is 1.18. The fourth-order valence-corrected chi connectivity index (χ4v) is 2.80. The Hall–Kier alpha value is -1.76. The summed E-state index contributed by atoms with van der Waals surface area (Å²) in [5.41, 5.74) is 6.94. The van der Waals surface area contributed by atoms with E-state index in [-0.39, 0.29) is 24.0 Å². The zero-order chi connectivity index (χ0) is 15.3. The third-order valence-electron chi connectivity index (χ3n) is 2.51. The molecule has 0 bridgehead atoms. The van der Waals surface area contributed by atoms with Crippen molar-refractivity contribution in [3.8, 4) is 0 Å². The SMILES string of the molecule is CCOC(=O)c1cc(NC(C)CS(C)(=O)=O)ccc1N. The Morgan fingerprint density at radius 2 is 2.10 bits per heavy atom. The Morgan fingerprint density at radius 1 is 1.45 bits per heavy atom. The van der Waals surface area contributed by atoms with E-state index in [1.54, 1.807) is 32.0 Å². The van der Waals surface area contributed by atoms with Crippen LogP contribution in [0.2, 0.25) is 0 Å². The maximum atomic E-state index is 11.7. The van der Waals surface area contributed by atoms with Crippen molar-refractivity contribution >= 4 is 27.2 Å². The van der Waals surface area contributed by atoms with Gasteiger partial charge in [-0.15, -0.1) is 0 Å². The molecule has 0 aromatic heterocycles. The lowest BCUT2D eigenvalue weighted by Crippen LogP contribution is -2.25. The van der Waals surface area contributed by atoms with Gasteiger partial charge in [-0.2, -0.15) is 0 Å². The molecule has 1 aromatic rings. The number of benzene rings is 1. The fourth-order valence-electron chi connectivity index (χ4n) is 1.81. The van der Waals surface area contributed by atoms with E-state index in [9.17, 15) is 13.2 Å². The third-order valence-corrected chi connectivity index (χ3v) is 3.62. The zero-order valence-corrected chi connectivity index (χ0v) is 12.7. The molecular formula is C13H20N2O4S. The van der Waals surface area contributed by atoms with Crippen LogP contribution in [-0.4, -0.2) is 39.0 Å². The number of esters is 1. The number of sulfone groups is 1. The lowest BCUT2D eigenvalue weighted by atomic mass is 10.1. The van der Waals surface area contributed by atoms with E-state index in [4.69, 9.17) is 10.5 Å². The van der Waals surface area contributed by atoms with Crippen molar-refractivity contribution in [2.45, 2.75) is 19.9 Å². The monoisotopic (exact) mass is 300 g/mol. The van der Waals surface area contributed by atoms with Crippen LogP contribution < -0.4 is 11.1 Å². The van der Waals surface area contributed by atoms with Crippen molar-refractivity contribution in [2.75, 3.05) is 29.7 Å². The minimum atomic E-state index is -3.07. The Labute approximate surface area is 119 Å². The van der Waals surface area contributed by atoms with Crippen LogP contribution in [-0.2, 0) is 14.6 Å². The molecule has 0 heterocycles. The highest BCUT2D eigenvalue weighted by molar-refractivity contribution is 7.90. The van der Waals surface area contributed by atoms with Gasteiger partial charge in [0.15, 0.2) is 0 Å². The molecule has 0 amide bonds. The number of carbonyl (C=O) groups excluding carboxylic acids is 1. The van der Waals surface area contributed by atoms with Crippen LogP contribution in [0.1, 0.15) is 24.2 Å². The molecule has 20 heavy (non-hydrogen) atoms. The largest absolute Gasteiger partial charge is 0.462 e. The highest BCUT2D eigenvalue weighted by atomic mass is 32.2. The van der Waals surface area contributed by atoms with Gasteiger partial charge in [0, 0.05) is 23.7 Å². The summed E-state index contributed by atoms with van der Waals surface area (Å²) in [6.45, 7) is 3.73. The first kappa shape index (κ1) is 16.3. The number of ether oxygens (including phenoxy) is 1. The summed E-state index contributed by atoms with van der Waals surface area (Å²) in [7, 11) is -3.07. The van der Waals surface area contributed by atoms with Gasteiger partial charge in [0.2, 0.25) is 0 Å². The highest BCUT2D eigenvalue weighted by Gasteiger charge is 2.14. The summed E-state index contributed by atoms with van der Waals surface area (Å²) in [5, 5.41) is 3.02. The second kappa shape index (κ2) is 6.60. The minimum Gasteiger partial charge on any atom is -0.462 e. The second-order valence-corrected chi connectivity index (χ2v) is 6.85. The minimum absolute atomic E-state index is 0.00607. The van der Waals surface area contributed by atoms with E-state index in [1.165, 1.54) is 6.26 Å². The van der Waals surface area contributed by atoms with Crippen LogP contribution in [0.15, 0.2) is 18.2 Å². The van der Waals surface area contributed by atoms with E-state index in [0.717, 1.165) is 0 Å². The normalized spacial score (nSPS) is 12.8. The van der Waals surface area contributed by atoms with E-state index < -0.39 is 15.8 Å². The summed E-state index contributed by atoms with van der Waals surface area (Å²) in [6, 6.07) is 4.56. The van der Waals surface area contributed by atoms with Crippen LogP contribution in [0.5, 0.6) is 0 Å². The van der Waals surface area contributed by atoms with Gasteiger partial charge in [-0.25, -0.2) is 13.2 Å². The molecule has 0 aliphatic carbocycles. The van der Waals surface area contributed by atoms with E-state index in [1.807, 2.05) is 0 Å².